The molecule has 98 valence electrons. The van der Waals surface area contributed by atoms with Crippen LogP contribution in [0.25, 0.3) is 0 Å². The molecule has 0 saturated heterocycles. The molecule has 0 amide bonds. The molecule has 5 heteroatoms. The predicted octanol–water partition coefficient (Wildman–Crippen LogP) is 2.45. The van der Waals surface area contributed by atoms with Crippen LogP contribution in [0, 0.1) is 0 Å². The Morgan fingerprint density at radius 1 is 1.39 bits per heavy atom. The molecule has 0 aromatic heterocycles. The van der Waals surface area contributed by atoms with Crippen molar-refractivity contribution in [3.63, 3.8) is 0 Å². The first-order valence-electron chi connectivity index (χ1n) is 5.79. The zero-order chi connectivity index (χ0) is 13.2. The minimum absolute atomic E-state index is 0.139. The van der Waals surface area contributed by atoms with Crippen LogP contribution < -0.4 is 0 Å². The van der Waals surface area contributed by atoms with E-state index in [1.165, 1.54) is 0 Å². The molecule has 2 rings (SSSR count). The van der Waals surface area contributed by atoms with Gasteiger partial charge in [-0.05, 0) is 12.0 Å². The lowest BCUT2D eigenvalue weighted by molar-refractivity contribution is -0.160. The van der Waals surface area contributed by atoms with Crippen molar-refractivity contribution in [2.75, 3.05) is 0 Å². The summed E-state index contributed by atoms with van der Waals surface area (Å²) >= 11 is 0. The lowest BCUT2D eigenvalue weighted by Crippen LogP contribution is -2.22. The van der Waals surface area contributed by atoms with Gasteiger partial charge in [-0.3, -0.25) is 0 Å². The lowest BCUT2D eigenvalue weighted by Gasteiger charge is -2.15. The van der Waals surface area contributed by atoms with Gasteiger partial charge in [0, 0.05) is 12.8 Å². The van der Waals surface area contributed by atoms with Gasteiger partial charge in [0.25, 0.3) is 5.92 Å². The SMILES string of the molecule is O=C(O[C@H]1CCC(F)(F)C1)[C@H](O)c1ccccc1. The second kappa shape index (κ2) is 5.02. The van der Waals surface area contributed by atoms with Crippen LogP contribution in [0.5, 0.6) is 0 Å². The number of hydrogen-bond donors (Lipinski definition) is 1. The van der Waals surface area contributed by atoms with Crippen molar-refractivity contribution < 1.29 is 23.4 Å². The molecule has 18 heavy (non-hydrogen) atoms. The van der Waals surface area contributed by atoms with Crippen molar-refractivity contribution in [1.29, 1.82) is 0 Å². The predicted molar refractivity (Wildman–Crippen MR) is 60.1 cm³/mol. The summed E-state index contributed by atoms with van der Waals surface area (Å²) in [6, 6.07) is 8.26. The van der Waals surface area contributed by atoms with E-state index >= 15 is 0 Å². The minimum atomic E-state index is -2.76. The van der Waals surface area contributed by atoms with Crippen molar-refractivity contribution in [1.82, 2.24) is 0 Å². The van der Waals surface area contributed by atoms with Crippen LogP contribution in [0.15, 0.2) is 30.3 Å². The zero-order valence-corrected chi connectivity index (χ0v) is 9.68. The molecule has 2 atom stereocenters. The molecule has 1 aliphatic carbocycles. The fourth-order valence-corrected chi connectivity index (χ4v) is 2.01. The van der Waals surface area contributed by atoms with Gasteiger partial charge >= 0.3 is 5.97 Å². The molecule has 1 aliphatic rings. The summed E-state index contributed by atoms with van der Waals surface area (Å²) < 4.78 is 30.7. The van der Waals surface area contributed by atoms with E-state index in [2.05, 4.69) is 0 Å². The van der Waals surface area contributed by atoms with Crippen LogP contribution in [0.4, 0.5) is 8.78 Å². The Kier molecular flexibility index (Phi) is 3.61. The highest BCUT2D eigenvalue weighted by Crippen LogP contribution is 2.36. The maximum absolute atomic E-state index is 12.9. The molecule has 1 fully saturated rings. The van der Waals surface area contributed by atoms with Crippen LogP contribution in [-0.4, -0.2) is 23.1 Å². The average Bonchev–Trinajstić information content (AvgIpc) is 2.68. The van der Waals surface area contributed by atoms with Gasteiger partial charge in [-0.2, -0.15) is 0 Å². The zero-order valence-electron chi connectivity index (χ0n) is 9.68. The molecule has 0 radical (unpaired) electrons. The number of aliphatic hydroxyl groups excluding tert-OH is 1. The lowest BCUT2D eigenvalue weighted by atomic mass is 10.1. The Morgan fingerprint density at radius 3 is 2.61 bits per heavy atom. The number of rotatable bonds is 3. The van der Waals surface area contributed by atoms with Crippen molar-refractivity contribution >= 4 is 5.97 Å². The summed E-state index contributed by atoms with van der Waals surface area (Å²) in [7, 11) is 0. The monoisotopic (exact) mass is 256 g/mol. The number of aliphatic hydroxyl groups is 1. The quantitative estimate of drug-likeness (QED) is 0.845. The van der Waals surface area contributed by atoms with E-state index in [9.17, 15) is 18.7 Å². The average molecular weight is 256 g/mol. The maximum atomic E-state index is 12.9. The second-order valence-corrected chi connectivity index (χ2v) is 4.47. The molecule has 1 aromatic carbocycles. The smallest absolute Gasteiger partial charge is 0.339 e. The minimum Gasteiger partial charge on any atom is -0.460 e. The first-order valence-corrected chi connectivity index (χ1v) is 5.79. The fourth-order valence-electron chi connectivity index (χ4n) is 2.01. The van der Waals surface area contributed by atoms with Crippen LogP contribution in [-0.2, 0) is 9.53 Å². The molecule has 0 aliphatic heterocycles. The number of halogens is 2. The van der Waals surface area contributed by atoms with Crippen LogP contribution in [0.2, 0.25) is 0 Å². The molecule has 3 nitrogen and oxygen atoms in total. The van der Waals surface area contributed by atoms with Gasteiger partial charge in [-0.25, -0.2) is 13.6 Å². The molecular weight excluding hydrogens is 242 g/mol. The molecule has 0 bridgehead atoms. The van der Waals surface area contributed by atoms with Gasteiger partial charge < -0.3 is 9.84 Å². The summed E-state index contributed by atoms with van der Waals surface area (Å²) in [6.07, 6.45) is -2.81. The van der Waals surface area contributed by atoms with E-state index in [0.29, 0.717) is 5.56 Å². The Balaban J connectivity index is 1.93. The third-order valence-corrected chi connectivity index (χ3v) is 2.98. The van der Waals surface area contributed by atoms with Gasteiger partial charge in [-0.15, -0.1) is 0 Å². The first kappa shape index (κ1) is 13.0. The Labute approximate surface area is 103 Å². The molecule has 1 saturated carbocycles. The van der Waals surface area contributed by atoms with Crippen molar-refractivity contribution in [3.8, 4) is 0 Å². The van der Waals surface area contributed by atoms with Crippen LogP contribution >= 0.6 is 0 Å². The third kappa shape index (κ3) is 3.04. The van der Waals surface area contributed by atoms with Gasteiger partial charge in [0.1, 0.15) is 6.10 Å². The van der Waals surface area contributed by atoms with Crippen molar-refractivity contribution in [3.05, 3.63) is 35.9 Å². The van der Waals surface area contributed by atoms with E-state index in [1.54, 1.807) is 30.3 Å². The summed E-state index contributed by atoms with van der Waals surface area (Å²) in [5.74, 6) is -3.63. The third-order valence-electron chi connectivity index (χ3n) is 2.98. The number of ether oxygens (including phenoxy) is 1. The summed E-state index contributed by atoms with van der Waals surface area (Å²) in [4.78, 5) is 11.6. The summed E-state index contributed by atoms with van der Waals surface area (Å²) in [5, 5.41) is 9.72. The van der Waals surface area contributed by atoms with E-state index in [0.717, 1.165) is 0 Å². The molecule has 0 spiro atoms. The normalized spacial score (nSPS) is 23.6. The van der Waals surface area contributed by atoms with E-state index in [4.69, 9.17) is 4.74 Å². The topological polar surface area (TPSA) is 46.5 Å². The standard InChI is InChI=1S/C13H14F2O3/c14-13(15)7-6-10(8-13)18-12(17)11(16)9-4-2-1-3-5-9/h1-5,10-11,16H,6-8H2/t10-,11+/m0/s1. The maximum Gasteiger partial charge on any atom is 0.339 e. The van der Waals surface area contributed by atoms with Crippen LogP contribution in [0.1, 0.15) is 30.9 Å². The number of carbonyl (C=O) groups excluding carboxylic acids is 1. The summed E-state index contributed by atoms with van der Waals surface area (Å²) in [6.45, 7) is 0. The second-order valence-electron chi connectivity index (χ2n) is 4.47. The van der Waals surface area contributed by atoms with Gasteiger partial charge in [-0.1, -0.05) is 30.3 Å². The fraction of sp³-hybridized carbons (Fsp3) is 0.462. The number of benzene rings is 1. The highest BCUT2D eigenvalue weighted by molar-refractivity contribution is 5.76. The van der Waals surface area contributed by atoms with E-state index in [1.807, 2.05) is 0 Å². The van der Waals surface area contributed by atoms with Crippen molar-refractivity contribution in [2.45, 2.75) is 37.4 Å². The Bertz CT molecular complexity index is 420. The Morgan fingerprint density at radius 2 is 2.06 bits per heavy atom. The van der Waals surface area contributed by atoms with Crippen molar-refractivity contribution in [2.24, 2.45) is 0 Å². The molecule has 1 N–H and O–H groups in total. The van der Waals surface area contributed by atoms with Gasteiger partial charge in [0.15, 0.2) is 6.10 Å². The Hall–Kier alpha value is -1.49. The number of esters is 1. The van der Waals surface area contributed by atoms with Gasteiger partial charge in [0.2, 0.25) is 0 Å². The van der Waals surface area contributed by atoms with Crippen LogP contribution in [0.3, 0.4) is 0 Å². The molecular formula is C13H14F2O3. The van der Waals surface area contributed by atoms with Gasteiger partial charge in [0.05, 0.1) is 0 Å². The first-order chi connectivity index (χ1) is 8.48. The highest BCUT2D eigenvalue weighted by Gasteiger charge is 2.41. The van der Waals surface area contributed by atoms with E-state index < -0.39 is 30.5 Å². The number of carbonyl (C=O) groups is 1. The molecule has 0 heterocycles. The number of hydrogen-bond acceptors (Lipinski definition) is 3. The molecule has 1 aromatic rings. The number of alkyl halides is 2. The highest BCUT2D eigenvalue weighted by atomic mass is 19.3. The summed E-state index contributed by atoms with van der Waals surface area (Å²) in [5.41, 5.74) is 0.396. The van der Waals surface area contributed by atoms with E-state index in [-0.39, 0.29) is 12.8 Å². The largest absolute Gasteiger partial charge is 0.460 e. The molecule has 0 unspecified atom stereocenters.